The van der Waals surface area contributed by atoms with E-state index in [-0.39, 0.29) is 5.69 Å². The molecule has 8 heteroatoms. The van der Waals surface area contributed by atoms with Crippen LogP contribution in [0.3, 0.4) is 0 Å². The van der Waals surface area contributed by atoms with Gasteiger partial charge in [-0.3, -0.25) is 4.57 Å². The zero-order valence-corrected chi connectivity index (χ0v) is 17.1. The number of rotatable bonds is 5. The largest absolute Gasteiger partial charge is 0.497 e. The number of hydrogen-bond acceptors (Lipinski definition) is 5. The third-order valence-corrected chi connectivity index (χ3v) is 5.26. The third kappa shape index (κ3) is 3.38. The fourth-order valence-corrected chi connectivity index (χ4v) is 3.66. The normalized spacial score (nSPS) is 11.2. The van der Waals surface area contributed by atoms with Crippen molar-refractivity contribution in [1.82, 2.24) is 29.3 Å². The lowest BCUT2D eigenvalue weighted by Crippen LogP contribution is -2.24. The molecule has 8 nitrogen and oxygen atoms in total. The summed E-state index contributed by atoms with van der Waals surface area (Å²) in [5, 5.41) is 5.42. The van der Waals surface area contributed by atoms with Crippen LogP contribution in [-0.4, -0.2) is 36.4 Å². The molecular weight excluding hydrogens is 392 g/mol. The zero-order chi connectivity index (χ0) is 21.4. The first-order chi connectivity index (χ1) is 15.1. The smallest absolute Gasteiger partial charge is 0.351 e. The number of aryl methyl sites for hydroxylation is 1. The van der Waals surface area contributed by atoms with Gasteiger partial charge in [0.05, 0.1) is 25.0 Å². The molecule has 154 valence electrons. The number of aromatic nitrogens is 6. The van der Waals surface area contributed by atoms with Crippen LogP contribution in [-0.2, 0) is 6.54 Å². The lowest BCUT2D eigenvalue weighted by molar-refractivity contribution is 0.414. The summed E-state index contributed by atoms with van der Waals surface area (Å²) < 4.78 is 8.35. The number of ether oxygens (including phenoxy) is 1. The highest BCUT2D eigenvalue weighted by atomic mass is 16.5. The van der Waals surface area contributed by atoms with E-state index >= 15 is 0 Å². The van der Waals surface area contributed by atoms with E-state index in [4.69, 9.17) is 4.74 Å². The zero-order valence-electron chi connectivity index (χ0n) is 17.1. The van der Waals surface area contributed by atoms with Crippen molar-refractivity contribution in [1.29, 1.82) is 0 Å². The molecule has 31 heavy (non-hydrogen) atoms. The quantitative estimate of drug-likeness (QED) is 0.478. The van der Waals surface area contributed by atoms with Crippen LogP contribution in [0.5, 0.6) is 5.75 Å². The Hall–Kier alpha value is -4.20. The van der Waals surface area contributed by atoms with Gasteiger partial charge in [0, 0.05) is 17.1 Å². The number of aromatic amines is 1. The van der Waals surface area contributed by atoms with E-state index < -0.39 is 0 Å². The Morgan fingerprint density at radius 2 is 1.90 bits per heavy atom. The Labute approximate surface area is 177 Å². The van der Waals surface area contributed by atoms with Crippen molar-refractivity contribution in [2.45, 2.75) is 13.5 Å². The summed E-state index contributed by atoms with van der Waals surface area (Å²) >= 11 is 0. The van der Waals surface area contributed by atoms with Crippen LogP contribution in [0, 0.1) is 6.92 Å². The molecule has 0 saturated carbocycles. The summed E-state index contributed by atoms with van der Waals surface area (Å²) in [5.41, 5.74) is 4.04. The van der Waals surface area contributed by atoms with E-state index in [2.05, 4.69) is 20.1 Å². The number of nitrogens with zero attached hydrogens (tertiary/aromatic N) is 5. The van der Waals surface area contributed by atoms with E-state index in [9.17, 15) is 4.79 Å². The van der Waals surface area contributed by atoms with Crippen LogP contribution in [0.15, 0.2) is 71.9 Å². The molecule has 5 rings (SSSR count). The van der Waals surface area contributed by atoms with Gasteiger partial charge in [0.15, 0.2) is 0 Å². The molecule has 0 spiro atoms. The number of benzene rings is 2. The number of nitrogens with one attached hydrogen (secondary N) is 1. The summed E-state index contributed by atoms with van der Waals surface area (Å²) in [5.74, 6) is 1.40. The molecule has 0 aliphatic heterocycles. The molecular formula is C23H20N6O2. The second kappa shape index (κ2) is 7.56. The second-order valence-electron chi connectivity index (χ2n) is 7.19. The molecule has 0 radical (unpaired) electrons. The van der Waals surface area contributed by atoms with Crippen LogP contribution < -0.4 is 10.4 Å². The average Bonchev–Trinajstić information content (AvgIpc) is 3.39. The fraction of sp³-hybridized carbons (Fsp3) is 0.130. The molecule has 0 fully saturated rings. The number of hydrogen-bond donors (Lipinski definition) is 1. The molecule has 5 aromatic rings. The van der Waals surface area contributed by atoms with Gasteiger partial charge in [-0.2, -0.15) is 9.78 Å². The van der Waals surface area contributed by atoms with Crippen LogP contribution >= 0.6 is 0 Å². The van der Waals surface area contributed by atoms with E-state index in [1.807, 2.05) is 67.7 Å². The van der Waals surface area contributed by atoms with Gasteiger partial charge in [0.2, 0.25) is 0 Å². The molecule has 0 amide bonds. The minimum atomic E-state index is -0.192. The first kappa shape index (κ1) is 18.8. The predicted molar refractivity (Wildman–Crippen MR) is 118 cm³/mol. The minimum Gasteiger partial charge on any atom is -0.497 e. The molecule has 1 N–H and O–H groups in total. The summed E-state index contributed by atoms with van der Waals surface area (Å²) in [6.45, 7) is 2.25. The first-order valence-corrected chi connectivity index (χ1v) is 9.82. The maximum atomic E-state index is 13.1. The fourth-order valence-electron chi connectivity index (χ4n) is 3.66. The van der Waals surface area contributed by atoms with Gasteiger partial charge in [0.25, 0.3) is 0 Å². The third-order valence-electron chi connectivity index (χ3n) is 5.26. The Bertz CT molecular complexity index is 1430. The van der Waals surface area contributed by atoms with E-state index in [0.717, 1.165) is 33.6 Å². The Morgan fingerprint density at radius 1 is 1.06 bits per heavy atom. The number of H-pyrrole nitrogens is 1. The maximum absolute atomic E-state index is 13.1. The maximum Gasteiger partial charge on any atom is 0.351 e. The van der Waals surface area contributed by atoms with Crippen molar-refractivity contribution in [2.24, 2.45) is 0 Å². The lowest BCUT2D eigenvalue weighted by Gasteiger charge is -2.06. The van der Waals surface area contributed by atoms with Crippen molar-refractivity contribution < 1.29 is 4.74 Å². The van der Waals surface area contributed by atoms with Gasteiger partial charge in [-0.15, -0.1) is 0 Å². The molecule has 0 atom stereocenters. The Morgan fingerprint density at radius 3 is 2.71 bits per heavy atom. The van der Waals surface area contributed by atoms with Crippen molar-refractivity contribution in [3.63, 3.8) is 0 Å². The van der Waals surface area contributed by atoms with E-state index in [0.29, 0.717) is 18.1 Å². The Balaban J connectivity index is 1.48. The average molecular weight is 412 g/mol. The molecule has 3 heterocycles. The summed E-state index contributed by atoms with van der Waals surface area (Å²) in [6, 6.07) is 17.2. The van der Waals surface area contributed by atoms with Gasteiger partial charge in [-0.25, -0.2) is 14.8 Å². The van der Waals surface area contributed by atoms with Crippen LogP contribution in [0.1, 0.15) is 11.4 Å². The van der Waals surface area contributed by atoms with Crippen LogP contribution in [0.4, 0.5) is 0 Å². The molecule has 0 bridgehead atoms. The van der Waals surface area contributed by atoms with Gasteiger partial charge < -0.3 is 9.72 Å². The van der Waals surface area contributed by atoms with E-state index in [1.165, 1.54) is 11.0 Å². The highest BCUT2D eigenvalue weighted by Crippen LogP contribution is 2.25. The molecule has 0 unspecified atom stereocenters. The van der Waals surface area contributed by atoms with Gasteiger partial charge in [0.1, 0.15) is 23.5 Å². The first-order valence-electron chi connectivity index (χ1n) is 9.82. The summed E-state index contributed by atoms with van der Waals surface area (Å²) in [7, 11) is 1.63. The summed E-state index contributed by atoms with van der Waals surface area (Å²) in [6.07, 6.45) is 3.38. The Kier molecular flexibility index (Phi) is 4.59. The minimum absolute atomic E-state index is 0.192. The number of fused-ring (bicyclic) bond motifs is 1. The van der Waals surface area contributed by atoms with Crippen molar-refractivity contribution in [2.75, 3.05) is 7.11 Å². The van der Waals surface area contributed by atoms with E-state index in [1.54, 1.807) is 11.7 Å². The van der Waals surface area contributed by atoms with Crippen molar-refractivity contribution >= 4 is 11.0 Å². The van der Waals surface area contributed by atoms with Crippen LogP contribution in [0.2, 0.25) is 0 Å². The predicted octanol–water partition coefficient (Wildman–Crippen LogP) is 3.34. The monoisotopic (exact) mass is 412 g/mol. The second-order valence-corrected chi connectivity index (χ2v) is 7.19. The molecule has 0 aliphatic carbocycles. The van der Waals surface area contributed by atoms with Crippen molar-refractivity contribution in [3.05, 3.63) is 89.0 Å². The molecule has 0 saturated heterocycles. The number of methoxy groups -OCH3 is 1. The van der Waals surface area contributed by atoms with Gasteiger partial charge in [-0.05, 0) is 42.8 Å². The SMILES string of the molecule is COc1cccc(Cn2c(C)nn(-c3ccc(-c4ncnc5[nH]ccc45)cc3)c2=O)c1. The van der Waals surface area contributed by atoms with Gasteiger partial charge >= 0.3 is 5.69 Å². The standard InChI is InChI=1S/C23H20N6O2/c1-15-27-29(23(30)28(15)13-16-4-3-5-19(12-16)31-2)18-8-6-17(7-9-18)21-20-10-11-24-22(20)26-14-25-21/h3-12,14H,13H2,1-2H3,(H,24,25,26). The lowest BCUT2D eigenvalue weighted by atomic mass is 10.1. The highest BCUT2D eigenvalue weighted by Gasteiger charge is 2.13. The topological polar surface area (TPSA) is 90.6 Å². The van der Waals surface area contributed by atoms with Crippen molar-refractivity contribution in [3.8, 4) is 22.7 Å². The molecule has 0 aliphatic rings. The molecule has 3 aromatic heterocycles. The van der Waals surface area contributed by atoms with Crippen LogP contribution in [0.25, 0.3) is 28.0 Å². The summed E-state index contributed by atoms with van der Waals surface area (Å²) in [4.78, 5) is 24.8. The van der Waals surface area contributed by atoms with Gasteiger partial charge in [-0.1, -0.05) is 24.3 Å². The molecule has 2 aromatic carbocycles. The highest BCUT2D eigenvalue weighted by molar-refractivity contribution is 5.90.